The first kappa shape index (κ1) is 22.0. The van der Waals surface area contributed by atoms with Crippen molar-refractivity contribution in [3.8, 4) is 11.3 Å². The lowest BCUT2D eigenvalue weighted by Crippen LogP contribution is -2.46. The Kier molecular flexibility index (Phi) is 8.13. The molecule has 1 aromatic carbocycles. The Hall–Kier alpha value is -2.03. The number of nitrogens with zero attached hydrogens (tertiary/aromatic N) is 1. The zero-order valence-corrected chi connectivity index (χ0v) is 16.3. The van der Waals surface area contributed by atoms with Crippen LogP contribution in [0.2, 0.25) is 0 Å². The molecule has 26 heavy (non-hydrogen) atoms. The second kappa shape index (κ2) is 9.61. The van der Waals surface area contributed by atoms with Gasteiger partial charge in [0, 0.05) is 10.4 Å². The molecule has 6 nitrogen and oxygen atoms in total. The minimum atomic E-state index is -0.653. The zero-order chi connectivity index (χ0) is 18.6. The van der Waals surface area contributed by atoms with Crippen LogP contribution in [-0.2, 0) is 9.59 Å². The number of halogens is 2. The summed E-state index contributed by atoms with van der Waals surface area (Å²) in [5, 5.41) is 5.57. The van der Waals surface area contributed by atoms with Crippen molar-refractivity contribution in [2.45, 2.75) is 26.8 Å². The third-order valence-corrected chi connectivity index (χ3v) is 4.49. The highest BCUT2D eigenvalue weighted by Crippen LogP contribution is 2.30. The van der Waals surface area contributed by atoms with E-state index in [1.54, 1.807) is 12.1 Å². The van der Waals surface area contributed by atoms with Crippen molar-refractivity contribution in [3.63, 3.8) is 0 Å². The van der Waals surface area contributed by atoms with Crippen molar-refractivity contribution in [3.05, 3.63) is 35.0 Å². The fourth-order valence-corrected chi connectivity index (χ4v) is 2.93. The molecule has 2 aromatic rings. The van der Waals surface area contributed by atoms with E-state index in [2.05, 4.69) is 15.6 Å². The standard InChI is InChI=1S/C17H21FN4O2S.ClH/c1-9(2)14(19)16(24)20-8-13(23)21-17-22-15(10(3)25-17)11-4-6-12(18)7-5-11;/h4-7,9,14H,8,19H2,1-3H3,(H,20,24)(H,21,22,23);1H/t14-;/m0./s1. The summed E-state index contributed by atoms with van der Waals surface area (Å²) in [6, 6.07) is 5.34. The minimum absolute atomic E-state index is 0. The van der Waals surface area contributed by atoms with E-state index >= 15 is 0 Å². The van der Waals surface area contributed by atoms with Gasteiger partial charge >= 0.3 is 0 Å². The quantitative estimate of drug-likeness (QED) is 0.694. The number of aryl methyl sites for hydroxylation is 1. The Bertz CT molecular complexity index is 765. The molecule has 2 amide bonds. The lowest BCUT2D eigenvalue weighted by atomic mass is 10.1. The summed E-state index contributed by atoms with van der Waals surface area (Å²) < 4.78 is 13.0. The maximum atomic E-state index is 13.0. The molecule has 0 unspecified atom stereocenters. The molecule has 0 bridgehead atoms. The van der Waals surface area contributed by atoms with Crippen LogP contribution in [0.15, 0.2) is 24.3 Å². The van der Waals surface area contributed by atoms with E-state index in [-0.39, 0.29) is 42.5 Å². The van der Waals surface area contributed by atoms with Gasteiger partial charge in [0.05, 0.1) is 18.3 Å². The van der Waals surface area contributed by atoms with Gasteiger partial charge in [0.1, 0.15) is 5.82 Å². The van der Waals surface area contributed by atoms with Crippen LogP contribution in [0.5, 0.6) is 0 Å². The molecule has 0 spiro atoms. The predicted molar refractivity (Wildman–Crippen MR) is 104 cm³/mol. The Morgan fingerprint density at radius 2 is 1.88 bits per heavy atom. The number of benzene rings is 1. The van der Waals surface area contributed by atoms with Crippen molar-refractivity contribution in [2.24, 2.45) is 11.7 Å². The monoisotopic (exact) mass is 400 g/mol. The van der Waals surface area contributed by atoms with Gasteiger partial charge in [-0.15, -0.1) is 23.7 Å². The Morgan fingerprint density at radius 1 is 1.27 bits per heavy atom. The number of carbonyl (C=O) groups excluding carboxylic acids is 2. The van der Waals surface area contributed by atoms with Crippen LogP contribution in [0.1, 0.15) is 18.7 Å². The number of nitrogens with one attached hydrogen (secondary N) is 2. The van der Waals surface area contributed by atoms with Crippen molar-refractivity contribution in [1.82, 2.24) is 10.3 Å². The molecule has 0 saturated carbocycles. The molecule has 142 valence electrons. The number of hydrogen-bond donors (Lipinski definition) is 3. The van der Waals surface area contributed by atoms with Crippen molar-refractivity contribution < 1.29 is 14.0 Å². The van der Waals surface area contributed by atoms with Crippen molar-refractivity contribution in [1.29, 1.82) is 0 Å². The number of nitrogens with two attached hydrogens (primary N) is 1. The number of carbonyl (C=O) groups is 2. The molecule has 0 fully saturated rings. The van der Waals surface area contributed by atoms with Crippen LogP contribution in [0.4, 0.5) is 9.52 Å². The van der Waals surface area contributed by atoms with E-state index in [1.165, 1.54) is 23.5 Å². The molecule has 4 N–H and O–H groups in total. The maximum absolute atomic E-state index is 13.0. The SMILES string of the molecule is Cc1sc(NC(=O)CNC(=O)[C@@H](N)C(C)C)nc1-c1ccc(F)cc1.Cl. The first-order valence-corrected chi connectivity index (χ1v) is 8.66. The molecule has 1 heterocycles. The molecule has 9 heteroatoms. The second-order valence-electron chi connectivity index (χ2n) is 5.97. The fraction of sp³-hybridized carbons (Fsp3) is 0.353. The van der Waals surface area contributed by atoms with Gasteiger partial charge in [-0.25, -0.2) is 9.37 Å². The highest BCUT2D eigenvalue weighted by molar-refractivity contribution is 7.16. The number of thiazole rings is 1. The molecule has 1 aromatic heterocycles. The normalized spacial score (nSPS) is 11.6. The average Bonchev–Trinajstić information content (AvgIpc) is 2.92. The van der Waals surface area contributed by atoms with Crippen LogP contribution < -0.4 is 16.4 Å². The minimum Gasteiger partial charge on any atom is -0.346 e. The molecule has 0 aliphatic heterocycles. The van der Waals surface area contributed by atoms with Gasteiger partial charge in [0.2, 0.25) is 11.8 Å². The Balaban J connectivity index is 0.00000338. The summed E-state index contributed by atoms with van der Waals surface area (Å²) in [6.45, 7) is 5.36. The van der Waals surface area contributed by atoms with Gasteiger partial charge in [-0.1, -0.05) is 13.8 Å². The lowest BCUT2D eigenvalue weighted by Gasteiger charge is -2.14. The molecule has 2 rings (SSSR count). The van der Waals surface area contributed by atoms with Gasteiger partial charge in [-0.3, -0.25) is 9.59 Å². The van der Waals surface area contributed by atoms with E-state index in [0.29, 0.717) is 10.8 Å². The van der Waals surface area contributed by atoms with Gasteiger partial charge in [0.15, 0.2) is 5.13 Å². The van der Waals surface area contributed by atoms with Gasteiger partial charge < -0.3 is 16.4 Å². The van der Waals surface area contributed by atoms with Crippen molar-refractivity contribution >= 4 is 40.7 Å². The molecular weight excluding hydrogens is 379 g/mol. The number of aromatic nitrogens is 1. The average molecular weight is 401 g/mol. The number of anilines is 1. The molecule has 0 radical (unpaired) electrons. The van der Waals surface area contributed by atoms with Crippen LogP contribution in [-0.4, -0.2) is 29.4 Å². The zero-order valence-electron chi connectivity index (χ0n) is 14.7. The first-order chi connectivity index (χ1) is 11.8. The summed E-state index contributed by atoms with van der Waals surface area (Å²) in [6.07, 6.45) is 0. The number of hydrogen-bond acceptors (Lipinski definition) is 5. The molecule has 0 saturated heterocycles. The van der Waals surface area contributed by atoms with E-state index in [1.807, 2.05) is 20.8 Å². The number of amides is 2. The van der Waals surface area contributed by atoms with Gasteiger partial charge in [0.25, 0.3) is 0 Å². The van der Waals surface area contributed by atoms with Crippen molar-refractivity contribution in [2.75, 3.05) is 11.9 Å². The lowest BCUT2D eigenvalue weighted by molar-refractivity contribution is -0.125. The summed E-state index contributed by atoms with van der Waals surface area (Å²) >= 11 is 1.31. The van der Waals surface area contributed by atoms with E-state index < -0.39 is 6.04 Å². The molecule has 0 aliphatic rings. The third kappa shape index (κ3) is 5.76. The smallest absolute Gasteiger partial charge is 0.245 e. The van der Waals surface area contributed by atoms with Gasteiger partial charge in [-0.2, -0.15) is 0 Å². The summed E-state index contributed by atoms with van der Waals surface area (Å²) in [5.41, 5.74) is 7.17. The first-order valence-electron chi connectivity index (χ1n) is 7.84. The maximum Gasteiger partial charge on any atom is 0.245 e. The molecule has 1 atom stereocenters. The highest BCUT2D eigenvalue weighted by atomic mass is 35.5. The number of rotatable bonds is 6. The van der Waals surface area contributed by atoms with Crippen LogP contribution >= 0.6 is 23.7 Å². The largest absolute Gasteiger partial charge is 0.346 e. The molecule has 0 aliphatic carbocycles. The second-order valence-corrected chi connectivity index (χ2v) is 7.17. The Morgan fingerprint density at radius 3 is 2.46 bits per heavy atom. The third-order valence-electron chi connectivity index (χ3n) is 3.60. The fourth-order valence-electron chi connectivity index (χ4n) is 2.08. The topological polar surface area (TPSA) is 97.1 Å². The van der Waals surface area contributed by atoms with E-state index in [0.717, 1.165) is 10.4 Å². The molecular formula is C17H22ClFN4O2S. The Labute approximate surface area is 161 Å². The van der Waals surface area contributed by atoms with E-state index in [9.17, 15) is 14.0 Å². The van der Waals surface area contributed by atoms with E-state index in [4.69, 9.17) is 5.73 Å². The highest BCUT2D eigenvalue weighted by Gasteiger charge is 2.18. The summed E-state index contributed by atoms with van der Waals surface area (Å²) in [4.78, 5) is 29.0. The summed E-state index contributed by atoms with van der Waals surface area (Å²) in [7, 11) is 0. The van der Waals surface area contributed by atoms with Crippen LogP contribution in [0, 0.1) is 18.7 Å². The van der Waals surface area contributed by atoms with Crippen LogP contribution in [0.3, 0.4) is 0 Å². The summed E-state index contributed by atoms with van der Waals surface area (Å²) in [5.74, 6) is -1.08. The predicted octanol–water partition coefficient (Wildman–Crippen LogP) is 2.72. The van der Waals surface area contributed by atoms with Crippen LogP contribution in [0.25, 0.3) is 11.3 Å². The van der Waals surface area contributed by atoms with Gasteiger partial charge in [-0.05, 0) is 37.1 Å².